The zero-order chi connectivity index (χ0) is 19.0. The van der Waals surface area contributed by atoms with E-state index in [-0.39, 0.29) is 6.09 Å². The number of likely N-dealkylation sites (tertiary alicyclic amines) is 1. The Hall–Kier alpha value is -2.33. The number of piperidine rings is 1. The summed E-state index contributed by atoms with van der Waals surface area (Å²) in [5.41, 5.74) is 3.10. The number of nitrogens with one attached hydrogen (secondary N) is 1. The van der Waals surface area contributed by atoms with Gasteiger partial charge in [-0.1, -0.05) is 48.5 Å². The van der Waals surface area contributed by atoms with Crippen molar-refractivity contribution in [1.82, 2.24) is 4.90 Å². The van der Waals surface area contributed by atoms with Crippen LogP contribution in [0.15, 0.2) is 54.6 Å². The summed E-state index contributed by atoms with van der Waals surface area (Å²) in [4.78, 5) is 14.8. The molecule has 1 N–H and O–H groups in total. The number of carbonyl (C=O) groups is 1. The van der Waals surface area contributed by atoms with Gasteiger partial charge in [0.25, 0.3) is 0 Å². The topological polar surface area (TPSA) is 41.6 Å². The fourth-order valence-corrected chi connectivity index (χ4v) is 5.48. The van der Waals surface area contributed by atoms with Gasteiger partial charge in [-0.25, -0.2) is 4.79 Å². The number of anilines is 1. The molecular formula is C24H28N2O2. The first kappa shape index (κ1) is 17.7. The lowest BCUT2D eigenvalue weighted by atomic mass is 9.78. The molecule has 0 atom stereocenters. The molecule has 1 saturated carbocycles. The Morgan fingerprint density at radius 1 is 0.893 bits per heavy atom. The number of nitrogens with zero attached hydrogens (tertiary/aromatic N) is 1. The van der Waals surface area contributed by atoms with Gasteiger partial charge in [-0.05, 0) is 43.2 Å². The zero-order valence-electron chi connectivity index (χ0n) is 16.3. The maximum absolute atomic E-state index is 12.1. The minimum absolute atomic E-state index is 0.310. The fraction of sp³-hybridized carbons (Fsp3) is 0.458. The molecule has 1 amide bonds. The lowest BCUT2D eigenvalue weighted by Crippen LogP contribution is -2.51. The van der Waals surface area contributed by atoms with Gasteiger partial charge in [0.15, 0.2) is 0 Å². The molecule has 4 heteroatoms. The quantitative estimate of drug-likeness (QED) is 0.777. The number of hydrogen-bond acceptors (Lipinski definition) is 3. The van der Waals surface area contributed by atoms with Crippen LogP contribution in [-0.4, -0.2) is 30.1 Å². The minimum atomic E-state index is -0.448. The molecule has 1 spiro atoms. The van der Waals surface area contributed by atoms with Crippen LogP contribution in [0.4, 0.5) is 10.5 Å². The van der Waals surface area contributed by atoms with E-state index in [0.29, 0.717) is 12.0 Å². The predicted octanol–water partition coefficient (Wildman–Crippen LogP) is 5.27. The summed E-state index contributed by atoms with van der Waals surface area (Å²) in [6.45, 7) is 2.00. The van der Waals surface area contributed by atoms with Crippen molar-refractivity contribution < 1.29 is 9.53 Å². The lowest BCUT2D eigenvalue weighted by Gasteiger charge is -2.47. The van der Waals surface area contributed by atoms with Gasteiger partial charge in [0.1, 0.15) is 5.60 Å². The third-order valence-corrected chi connectivity index (χ3v) is 7.03. The van der Waals surface area contributed by atoms with Crippen molar-refractivity contribution in [3.63, 3.8) is 0 Å². The molecule has 0 radical (unpaired) electrons. The standard InChI is InChI=1S/C24H28N2O2/c27-23-25-22-9-5-4-8-21(22)24(28-23)14-16-26(17-15-24)20-12-10-19(11-13-20)18-6-2-1-3-7-18/h1-9,19-20H,10-17H2,(H,25,27). The van der Waals surface area contributed by atoms with Crippen LogP contribution < -0.4 is 5.32 Å². The normalized spacial score (nSPS) is 26.9. The van der Waals surface area contributed by atoms with Crippen molar-refractivity contribution in [2.24, 2.45) is 0 Å². The average Bonchev–Trinajstić information content (AvgIpc) is 2.75. The van der Waals surface area contributed by atoms with Crippen LogP contribution in [0.5, 0.6) is 0 Å². The number of hydrogen-bond donors (Lipinski definition) is 1. The Bertz CT molecular complexity index is 835. The average molecular weight is 377 g/mol. The first-order valence-corrected chi connectivity index (χ1v) is 10.6. The molecule has 2 aromatic rings. The maximum atomic E-state index is 12.1. The highest BCUT2D eigenvalue weighted by molar-refractivity contribution is 5.88. The second-order valence-electron chi connectivity index (χ2n) is 8.51. The summed E-state index contributed by atoms with van der Waals surface area (Å²) in [7, 11) is 0. The van der Waals surface area contributed by atoms with E-state index in [4.69, 9.17) is 4.74 Å². The highest BCUT2D eigenvalue weighted by Gasteiger charge is 2.45. The Morgan fingerprint density at radius 2 is 1.57 bits per heavy atom. The number of amides is 1. The van der Waals surface area contributed by atoms with Crippen LogP contribution >= 0.6 is 0 Å². The van der Waals surface area contributed by atoms with Crippen LogP contribution in [0, 0.1) is 0 Å². The van der Waals surface area contributed by atoms with Gasteiger partial charge in [0.2, 0.25) is 0 Å². The van der Waals surface area contributed by atoms with E-state index < -0.39 is 5.60 Å². The highest BCUT2D eigenvalue weighted by Crippen LogP contribution is 2.44. The molecule has 2 fully saturated rings. The van der Waals surface area contributed by atoms with Crippen LogP contribution in [0.2, 0.25) is 0 Å². The molecule has 4 nitrogen and oxygen atoms in total. The second-order valence-corrected chi connectivity index (χ2v) is 8.51. The summed E-state index contributed by atoms with van der Waals surface area (Å²) < 4.78 is 5.88. The third-order valence-electron chi connectivity index (χ3n) is 7.03. The fourth-order valence-electron chi connectivity index (χ4n) is 5.48. The number of rotatable bonds is 2. The Kier molecular flexibility index (Phi) is 4.59. The van der Waals surface area contributed by atoms with Crippen molar-refractivity contribution in [2.45, 2.75) is 56.1 Å². The van der Waals surface area contributed by atoms with Gasteiger partial charge in [-0.15, -0.1) is 0 Å². The van der Waals surface area contributed by atoms with Crippen LogP contribution in [0.25, 0.3) is 0 Å². The number of ether oxygens (including phenoxy) is 1. The van der Waals surface area contributed by atoms with Crippen molar-refractivity contribution >= 4 is 11.8 Å². The van der Waals surface area contributed by atoms with E-state index in [1.165, 1.54) is 31.2 Å². The molecule has 3 aliphatic rings. The van der Waals surface area contributed by atoms with Crippen molar-refractivity contribution in [3.8, 4) is 0 Å². The monoisotopic (exact) mass is 376 g/mol. The first-order valence-electron chi connectivity index (χ1n) is 10.6. The lowest BCUT2D eigenvalue weighted by molar-refractivity contribution is -0.0489. The van der Waals surface area contributed by atoms with E-state index in [2.05, 4.69) is 46.6 Å². The molecule has 5 rings (SSSR count). The number of benzene rings is 2. The molecule has 1 aliphatic carbocycles. The molecule has 1 saturated heterocycles. The summed E-state index contributed by atoms with van der Waals surface area (Å²) >= 11 is 0. The zero-order valence-corrected chi connectivity index (χ0v) is 16.3. The van der Waals surface area contributed by atoms with E-state index in [1.54, 1.807) is 0 Å². The van der Waals surface area contributed by atoms with E-state index in [0.717, 1.165) is 37.2 Å². The largest absolute Gasteiger partial charge is 0.438 e. The molecule has 2 heterocycles. The Balaban J connectivity index is 1.23. The van der Waals surface area contributed by atoms with Gasteiger partial charge >= 0.3 is 6.09 Å². The van der Waals surface area contributed by atoms with Crippen LogP contribution in [-0.2, 0) is 10.3 Å². The molecule has 2 aromatic carbocycles. The number of para-hydroxylation sites is 1. The summed E-state index contributed by atoms with van der Waals surface area (Å²) in [5.74, 6) is 0.714. The maximum Gasteiger partial charge on any atom is 0.412 e. The molecule has 28 heavy (non-hydrogen) atoms. The summed E-state index contributed by atoms with van der Waals surface area (Å²) in [6, 6.07) is 19.7. The molecule has 0 aromatic heterocycles. The van der Waals surface area contributed by atoms with Gasteiger partial charge in [-0.3, -0.25) is 5.32 Å². The van der Waals surface area contributed by atoms with Crippen molar-refractivity contribution in [3.05, 3.63) is 65.7 Å². The summed E-state index contributed by atoms with van der Waals surface area (Å²) in [5, 5.41) is 2.85. The third kappa shape index (κ3) is 3.20. The Morgan fingerprint density at radius 3 is 2.32 bits per heavy atom. The van der Waals surface area contributed by atoms with E-state index in [1.807, 2.05) is 18.2 Å². The Labute approximate surface area is 166 Å². The van der Waals surface area contributed by atoms with Crippen molar-refractivity contribution in [1.29, 1.82) is 0 Å². The van der Waals surface area contributed by atoms with Crippen molar-refractivity contribution in [2.75, 3.05) is 18.4 Å². The molecular weight excluding hydrogens is 348 g/mol. The smallest absolute Gasteiger partial charge is 0.412 e. The predicted molar refractivity (Wildman–Crippen MR) is 110 cm³/mol. The van der Waals surface area contributed by atoms with Gasteiger partial charge in [-0.2, -0.15) is 0 Å². The highest BCUT2D eigenvalue weighted by atomic mass is 16.6. The molecule has 0 unspecified atom stereocenters. The van der Waals surface area contributed by atoms with Crippen LogP contribution in [0.1, 0.15) is 55.6 Å². The van der Waals surface area contributed by atoms with E-state index >= 15 is 0 Å². The van der Waals surface area contributed by atoms with Gasteiger partial charge in [0, 0.05) is 37.5 Å². The first-order chi connectivity index (χ1) is 13.7. The van der Waals surface area contributed by atoms with Gasteiger partial charge in [0.05, 0.1) is 5.69 Å². The SMILES string of the molecule is O=C1Nc2ccccc2C2(CCN(C3CCC(c4ccccc4)CC3)CC2)O1. The second kappa shape index (κ2) is 7.25. The van der Waals surface area contributed by atoms with Crippen LogP contribution in [0.3, 0.4) is 0 Å². The molecule has 146 valence electrons. The molecule has 2 aliphatic heterocycles. The molecule has 0 bridgehead atoms. The van der Waals surface area contributed by atoms with E-state index in [9.17, 15) is 4.79 Å². The summed E-state index contributed by atoms with van der Waals surface area (Å²) in [6.07, 6.45) is 6.55. The minimum Gasteiger partial charge on any atom is -0.438 e. The number of carbonyl (C=O) groups excluding carboxylic acids is 1. The van der Waals surface area contributed by atoms with Gasteiger partial charge < -0.3 is 9.64 Å². The number of fused-ring (bicyclic) bond motifs is 2.